The minimum atomic E-state index is -1.92. The Kier molecular flexibility index (Phi) is 10.9. The molecule has 0 radical (unpaired) electrons. The molecule has 0 bridgehead atoms. The molecule has 6 nitrogen and oxygen atoms in total. The molecule has 1 fully saturated rings. The second kappa shape index (κ2) is 13.9. The highest BCUT2D eigenvalue weighted by molar-refractivity contribution is 7.95. The van der Waals surface area contributed by atoms with Crippen LogP contribution in [0.25, 0.3) is 0 Å². The summed E-state index contributed by atoms with van der Waals surface area (Å²) in [4.78, 5) is 15.2. The number of carbonyl (C=O) groups excluding carboxylic acids is 1. The summed E-state index contributed by atoms with van der Waals surface area (Å²) in [5.41, 5.74) is 5.10. The van der Waals surface area contributed by atoms with Gasteiger partial charge in [-0.2, -0.15) is 0 Å². The van der Waals surface area contributed by atoms with E-state index in [2.05, 4.69) is 96.3 Å². The molecular formula is C30H38BrN4O2P. The molecule has 4 rings (SSSR count). The van der Waals surface area contributed by atoms with Crippen LogP contribution < -0.4 is 43.9 Å². The van der Waals surface area contributed by atoms with Crippen LogP contribution in [0.2, 0.25) is 0 Å². The number of amides is 1. The van der Waals surface area contributed by atoms with Crippen LogP contribution in [0.15, 0.2) is 91.0 Å². The molecule has 1 amide bonds. The average Bonchev–Trinajstić information content (AvgIpc) is 2.95. The van der Waals surface area contributed by atoms with Gasteiger partial charge >= 0.3 is 0 Å². The van der Waals surface area contributed by atoms with Crippen molar-refractivity contribution >= 4 is 35.0 Å². The lowest BCUT2D eigenvalue weighted by Gasteiger charge is -2.38. The Morgan fingerprint density at radius 3 is 1.79 bits per heavy atom. The van der Waals surface area contributed by atoms with Crippen molar-refractivity contribution in [2.75, 3.05) is 39.5 Å². The standard InChI is InChI=1S/C30H37N4O2P.BrH/c1-34(29(31)32)24-30(18-21-36-22-19-30)28(35)33-20-11-23-37(25-12-5-2-6-13-25,26-14-7-3-8-15-26)27-16-9-4-10-17-27;/h2-10,12-17H,11,18-24H2,1H3,(H3-,31,32,33,35);1H. The van der Waals surface area contributed by atoms with E-state index in [0.717, 1.165) is 12.6 Å². The second-order valence-corrected chi connectivity index (χ2v) is 13.4. The Labute approximate surface area is 237 Å². The fourth-order valence-electron chi connectivity index (χ4n) is 5.35. The van der Waals surface area contributed by atoms with Crippen LogP contribution in [0.5, 0.6) is 0 Å². The van der Waals surface area contributed by atoms with E-state index >= 15 is 0 Å². The zero-order valence-corrected chi connectivity index (χ0v) is 24.5. The molecule has 38 heavy (non-hydrogen) atoms. The number of hydrogen-bond acceptors (Lipinski definition) is 3. The summed E-state index contributed by atoms with van der Waals surface area (Å²) in [6.07, 6.45) is 3.07. The molecule has 4 N–H and O–H groups in total. The highest BCUT2D eigenvalue weighted by Gasteiger charge is 2.45. The van der Waals surface area contributed by atoms with Crippen molar-refractivity contribution in [1.29, 1.82) is 5.41 Å². The number of nitrogens with two attached hydrogens (primary N) is 1. The van der Waals surface area contributed by atoms with Gasteiger partial charge in [0.1, 0.15) is 23.2 Å². The van der Waals surface area contributed by atoms with Crippen molar-refractivity contribution in [2.45, 2.75) is 19.3 Å². The predicted molar refractivity (Wildman–Crippen MR) is 155 cm³/mol. The van der Waals surface area contributed by atoms with Gasteiger partial charge in [0.15, 0.2) is 5.96 Å². The Hall–Kier alpha value is -2.73. The maximum atomic E-state index is 13.5. The van der Waals surface area contributed by atoms with Gasteiger partial charge in [0.2, 0.25) is 5.91 Å². The number of hydrogen-bond donors (Lipinski definition) is 3. The first-order chi connectivity index (χ1) is 18.0. The van der Waals surface area contributed by atoms with Gasteiger partial charge in [0.05, 0.1) is 11.6 Å². The molecule has 3 aromatic carbocycles. The minimum absolute atomic E-state index is 0. The van der Waals surface area contributed by atoms with Crippen molar-refractivity contribution in [1.82, 2.24) is 10.2 Å². The average molecular weight is 598 g/mol. The van der Waals surface area contributed by atoms with Crippen molar-refractivity contribution in [2.24, 2.45) is 11.1 Å². The lowest BCUT2D eigenvalue weighted by molar-refractivity contribution is -0.137. The first kappa shape index (κ1) is 29.8. The Balaban J connectivity index is 0.00000400. The van der Waals surface area contributed by atoms with E-state index < -0.39 is 12.7 Å². The van der Waals surface area contributed by atoms with Crippen molar-refractivity contribution < 1.29 is 26.5 Å². The summed E-state index contributed by atoms with van der Waals surface area (Å²) in [5.74, 6) is 0.00815. The quantitative estimate of drug-likeness (QED) is 0.134. The van der Waals surface area contributed by atoms with E-state index in [0.29, 0.717) is 39.1 Å². The molecule has 0 saturated carbocycles. The largest absolute Gasteiger partial charge is 1.00 e. The van der Waals surface area contributed by atoms with E-state index in [1.165, 1.54) is 15.9 Å². The van der Waals surface area contributed by atoms with Crippen molar-refractivity contribution in [3.05, 3.63) is 91.0 Å². The summed E-state index contributed by atoms with van der Waals surface area (Å²) >= 11 is 0. The highest BCUT2D eigenvalue weighted by atomic mass is 79.9. The summed E-state index contributed by atoms with van der Waals surface area (Å²) in [6.45, 7) is 2.11. The van der Waals surface area contributed by atoms with Gasteiger partial charge in [0, 0.05) is 33.4 Å². The van der Waals surface area contributed by atoms with Crippen LogP contribution in [-0.4, -0.2) is 56.3 Å². The highest BCUT2D eigenvalue weighted by Crippen LogP contribution is 2.55. The Bertz CT molecular complexity index is 1060. The van der Waals surface area contributed by atoms with Gasteiger partial charge in [-0.1, -0.05) is 54.6 Å². The molecule has 0 atom stereocenters. The summed E-state index contributed by atoms with van der Waals surface area (Å²) < 4.78 is 5.56. The van der Waals surface area contributed by atoms with Crippen LogP contribution in [0.1, 0.15) is 19.3 Å². The third-order valence-corrected chi connectivity index (χ3v) is 12.0. The third-order valence-electron chi connectivity index (χ3n) is 7.43. The van der Waals surface area contributed by atoms with E-state index in [9.17, 15) is 4.79 Å². The summed E-state index contributed by atoms with van der Waals surface area (Å²) in [7, 11) is -0.153. The third kappa shape index (κ3) is 6.63. The minimum Gasteiger partial charge on any atom is -1.00 e. The van der Waals surface area contributed by atoms with E-state index in [1.54, 1.807) is 11.9 Å². The summed E-state index contributed by atoms with van der Waals surface area (Å²) in [5, 5.41) is 15.1. The van der Waals surface area contributed by atoms with Gasteiger partial charge in [-0.15, -0.1) is 0 Å². The second-order valence-electron chi connectivity index (χ2n) is 9.78. The first-order valence-electron chi connectivity index (χ1n) is 12.9. The molecule has 1 aliphatic heterocycles. The number of nitrogens with one attached hydrogen (secondary N) is 2. The zero-order valence-electron chi connectivity index (χ0n) is 22.0. The van der Waals surface area contributed by atoms with Gasteiger partial charge in [-0.05, 0) is 55.7 Å². The van der Waals surface area contributed by atoms with Gasteiger partial charge in [-0.25, -0.2) is 0 Å². The van der Waals surface area contributed by atoms with Crippen molar-refractivity contribution in [3.63, 3.8) is 0 Å². The number of benzene rings is 3. The molecule has 202 valence electrons. The number of nitrogens with zero attached hydrogens (tertiary/aromatic N) is 1. The molecule has 1 aliphatic rings. The molecule has 8 heteroatoms. The zero-order chi connectivity index (χ0) is 26.1. The van der Waals surface area contributed by atoms with Crippen LogP contribution in [0.3, 0.4) is 0 Å². The molecule has 0 spiro atoms. The van der Waals surface area contributed by atoms with Crippen LogP contribution in [0.4, 0.5) is 0 Å². The number of halogens is 1. The number of rotatable bonds is 10. The van der Waals surface area contributed by atoms with Gasteiger partial charge < -0.3 is 37.7 Å². The maximum Gasteiger partial charge on any atom is 0.228 e. The monoisotopic (exact) mass is 596 g/mol. The SMILES string of the molecule is CN(CC1(C(=O)NCCC[P+](c2ccccc2)(c2ccccc2)c2ccccc2)CCOCC1)C(=N)N.[Br-]. The lowest BCUT2D eigenvalue weighted by Crippen LogP contribution is -3.00. The number of carbonyl (C=O) groups is 1. The molecule has 1 saturated heterocycles. The molecule has 3 aromatic rings. The molecule has 0 aromatic heterocycles. The summed E-state index contributed by atoms with van der Waals surface area (Å²) in [6, 6.07) is 32.5. The van der Waals surface area contributed by atoms with E-state index in [4.69, 9.17) is 15.9 Å². The number of guanidine groups is 1. The van der Waals surface area contributed by atoms with Crippen LogP contribution >= 0.6 is 7.26 Å². The van der Waals surface area contributed by atoms with Crippen LogP contribution in [0, 0.1) is 10.8 Å². The lowest BCUT2D eigenvalue weighted by atomic mass is 9.78. The fourth-order valence-corrected chi connectivity index (χ4v) is 9.69. The maximum absolute atomic E-state index is 13.5. The topological polar surface area (TPSA) is 91.4 Å². The van der Waals surface area contributed by atoms with Crippen molar-refractivity contribution in [3.8, 4) is 0 Å². The molecule has 1 heterocycles. The predicted octanol–water partition coefficient (Wildman–Crippen LogP) is 0.113. The molecular weight excluding hydrogens is 559 g/mol. The van der Waals surface area contributed by atoms with Gasteiger partial charge in [-0.3, -0.25) is 10.2 Å². The molecule has 0 aliphatic carbocycles. The normalized spacial score (nSPS) is 14.7. The van der Waals surface area contributed by atoms with E-state index in [-0.39, 0.29) is 28.8 Å². The smallest absolute Gasteiger partial charge is 0.228 e. The number of ether oxygens (including phenoxy) is 1. The first-order valence-corrected chi connectivity index (χ1v) is 14.9. The van der Waals surface area contributed by atoms with Gasteiger partial charge in [0.25, 0.3) is 0 Å². The fraction of sp³-hybridized carbons (Fsp3) is 0.333. The Morgan fingerprint density at radius 2 is 1.37 bits per heavy atom. The van der Waals surface area contributed by atoms with Crippen LogP contribution in [-0.2, 0) is 9.53 Å². The van der Waals surface area contributed by atoms with E-state index in [1.807, 2.05) is 0 Å². The molecule has 0 unspecified atom stereocenters. The Morgan fingerprint density at radius 1 is 0.921 bits per heavy atom.